The van der Waals surface area contributed by atoms with Crippen LogP contribution in [-0.2, 0) is 0 Å². The van der Waals surface area contributed by atoms with Crippen LogP contribution in [0.3, 0.4) is 0 Å². The van der Waals surface area contributed by atoms with Crippen LogP contribution >= 0.6 is 11.8 Å². The summed E-state index contributed by atoms with van der Waals surface area (Å²) in [5, 5.41) is 3.31. The van der Waals surface area contributed by atoms with E-state index in [1.807, 2.05) is 0 Å². The molecule has 0 saturated carbocycles. The molecule has 2 heteroatoms. The van der Waals surface area contributed by atoms with Gasteiger partial charge in [0.2, 0.25) is 0 Å². The molecule has 0 aromatic carbocycles. The Balaban J connectivity index is 2.29. The number of nitrogens with one attached hydrogen (secondary N) is 1. The quantitative estimate of drug-likeness (QED) is 0.725. The van der Waals surface area contributed by atoms with Crippen molar-refractivity contribution in [3.05, 3.63) is 0 Å². The van der Waals surface area contributed by atoms with Crippen LogP contribution in [0, 0.1) is 11.8 Å². The van der Waals surface area contributed by atoms with Crippen LogP contribution in [0.15, 0.2) is 0 Å². The highest BCUT2D eigenvalue weighted by Gasteiger charge is 2.21. The average Bonchev–Trinajstić information content (AvgIpc) is 2.15. The van der Waals surface area contributed by atoms with E-state index in [0.717, 1.165) is 11.8 Å². The summed E-state index contributed by atoms with van der Waals surface area (Å²) in [6.07, 6.45) is 4.24. The van der Waals surface area contributed by atoms with Crippen molar-refractivity contribution >= 4 is 11.8 Å². The Kier molecular flexibility index (Phi) is 5.08. The van der Waals surface area contributed by atoms with Crippen molar-refractivity contribution in [1.29, 1.82) is 0 Å². The summed E-state index contributed by atoms with van der Waals surface area (Å²) >= 11 is 2.14. The predicted octanol–water partition coefficient (Wildman–Crippen LogP) is 2.38. The summed E-state index contributed by atoms with van der Waals surface area (Å²) in [5.74, 6) is 4.70. The normalized spacial score (nSPS) is 27.0. The Hall–Kier alpha value is 0.310. The molecule has 0 aliphatic carbocycles. The molecular formula is C10H21NS. The average molecular weight is 187 g/mol. The van der Waals surface area contributed by atoms with Gasteiger partial charge in [0.05, 0.1) is 0 Å². The molecule has 12 heavy (non-hydrogen) atoms. The molecule has 1 N–H and O–H groups in total. The molecule has 0 aromatic rings. The van der Waals surface area contributed by atoms with E-state index in [0.29, 0.717) is 0 Å². The second kappa shape index (κ2) is 5.87. The molecule has 1 fully saturated rings. The van der Waals surface area contributed by atoms with Crippen LogP contribution in [0.1, 0.15) is 26.2 Å². The van der Waals surface area contributed by atoms with Gasteiger partial charge in [0.1, 0.15) is 0 Å². The molecule has 1 aliphatic heterocycles. The van der Waals surface area contributed by atoms with Gasteiger partial charge in [-0.05, 0) is 49.8 Å². The van der Waals surface area contributed by atoms with Gasteiger partial charge >= 0.3 is 0 Å². The van der Waals surface area contributed by atoms with Crippen LogP contribution in [0.2, 0.25) is 0 Å². The minimum atomic E-state index is 0.919. The van der Waals surface area contributed by atoms with Crippen molar-refractivity contribution in [2.24, 2.45) is 11.8 Å². The lowest BCUT2D eigenvalue weighted by atomic mass is 9.88. The maximum atomic E-state index is 3.31. The van der Waals surface area contributed by atoms with Gasteiger partial charge in [0.15, 0.2) is 0 Å². The van der Waals surface area contributed by atoms with Gasteiger partial charge < -0.3 is 5.32 Å². The van der Waals surface area contributed by atoms with E-state index >= 15 is 0 Å². The third-order valence-electron chi connectivity index (χ3n) is 2.85. The fourth-order valence-corrected chi connectivity index (χ4v) is 3.32. The Morgan fingerprint density at radius 2 is 2.42 bits per heavy atom. The lowest BCUT2D eigenvalue weighted by Crippen LogP contribution is -2.28. The van der Waals surface area contributed by atoms with Gasteiger partial charge in [-0.15, -0.1) is 0 Å². The molecule has 2 unspecified atom stereocenters. The molecule has 0 bridgehead atoms. The smallest absolute Gasteiger partial charge is 0.00207 e. The Morgan fingerprint density at radius 3 is 2.92 bits per heavy atom. The molecule has 1 saturated heterocycles. The van der Waals surface area contributed by atoms with Crippen molar-refractivity contribution in [2.75, 3.05) is 25.1 Å². The van der Waals surface area contributed by atoms with E-state index in [1.54, 1.807) is 0 Å². The zero-order valence-corrected chi connectivity index (χ0v) is 9.12. The second-order valence-electron chi connectivity index (χ2n) is 3.70. The first kappa shape index (κ1) is 10.4. The van der Waals surface area contributed by atoms with Crippen molar-refractivity contribution in [3.8, 4) is 0 Å². The van der Waals surface area contributed by atoms with E-state index in [-0.39, 0.29) is 0 Å². The molecular weight excluding hydrogens is 166 g/mol. The fourth-order valence-electron chi connectivity index (χ4n) is 2.04. The highest BCUT2D eigenvalue weighted by Crippen LogP contribution is 2.29. The van der Waals surface area contributed by atoms with Crippen LogP contribution in [0.4, 0.5) is 0 Å². The number of thioether (sulfide) groups is 1. The monoisotopic (exact) mass is 187 g/mol. The Morgan fingerprint density at radius 1 is 1.58 bits per heavy atom. The highest BCUT2D eigenvalue weighted by molar-refractivity contribution is 7.99. The molecule has 1 aliphatic rings. The summed E-state index contributed by atoms with van der Waals surface area (Å²) in [6, 6.07) is 0. The first-order chi connectivity index (χ1) is 5.88. The highest BCUT2D eigenvalue weighted by atomic mass is 32.2. The van der Waals surface area contributed by atoms with Crippen molar-refractivity contribution in [3.63, 3.8) is 0 Å². The summed E-state index contributed by atoms with van der Waals surface area (Å²) in [4.78, 5) is 0. The van der Waals surface area contributed by atoms with E-state index in [2.05, 4.69) is 31.1 Å². The molecule has 2 atom stereocenters. The molecule has 0 amide bonds. The van der Waals surface area contributed by atoms with Crippen molar-refractivity contribution in [1.82, 2.24) is 5.32 Å². The molecule has 72 valence electrons. The number of rotatable bonds is 4. The van der Waals surface area contributed by atoms with Crippen LogP contribution in [0.25, 0.3) is 0 Å². The predicted molar refractivity (Wildman–Crippen MR) is 57.8 cm³/mol. The zero-order valence-electron chi connectivity index (χ0n) is 8.31. The minimum absolute atomic E-state index is 0.919. The van der Waals surface area contributed by atoms with Crippen molar-refractivity contribution in [2.45, 2.75) is 26.2 Å². The van der Waals surface area contributed by atoms with Crippen molar-refractivity contribution < 1.29 is 0 Å². The Bertz CT molecular complexity index is 108. The summed E-state index contributed by atoms with van der Waals surface area (Å²) in [7, 11) is 2.07. The van der Waals surface area contributed by atoms with Gasteiger partial charge in [-0.3, -0.25) is 0 Å². The summed E-state index contributed by atoms with van der Waals surface area (Å²) < 4.78 is 0. The first-order valence-corrected chi connectivity index (χ1v) is 6.26. The lowest BCUT2D eigenvalue weighted by Gasteiger charge is -2.29. The van der Waals surface area contributed by atoms with E-state index in [9.17, 15) is 0 Å². The van der Waals surface area contributed by atoms with Gasteiger partial charge in [0.25, 0.3) is 0 Å². The van der Waals surface area contributed by atoms with Crippen LogP contribution < -0.4 is 5.32 Å². The molecule has 0 radical (unpaired) electrons. The fraction of sp³-hybridized carbons (Fsp3) is 1.00. The maximum absolute atomic E-state index is 3.31. The van der Waals surface area contributed by atoms with E-state index < -0.39 is 0 Å². The molecule has 0 spiro atoms. The molecule has 1 heterocycles. The first-order valence-electron chi connectivity index (χ1n) is 5.10. The minimum Gasteiger partial charge on any atom is -0.319 e. The van der Waals surface area contributed by atoms with E-state index in [1.165, 1.54) is 37.3 Å². The summed E-state index contributed by atoms with van der Waals surface area (Å²) in [6.45, 7) is 3.53. The Labute approximate surface area is 80.7 Å². The standard InChI is InChI=1S/C10H21NS/c1-3-9(7-11-2)10-5-4-6-12-8-10/h9-11H,3-8H2,1-2H3. The third kappa shape index (κ3) is 2.98. The van der Waals surface area contributed by atoms with Crippen LogP contribution in [0.5, 0.6) is 0 Å². The second-order valence-corrected chi connectivity index (χ2v) is 4.85. The van der Waals surface area contributed by atoms with E-state index in [4.69, 9.17) is 0 Å². The largest absolute Gasteiger partial charge is 0.319 e. The molecule has 1 nitrogen and oxygen atoms in total. The van der Waals surface area contributed by atoms with Gasteiger partial charge in [0, 0.05) is 0 Å². The third-order valence-corrected chi connectivity index (χ3v) is 4.09. The van der Waals surface area contributed by atoms with Gasteiger partial charge in [-0.1, -0.05) is 13.3 Å². The molecule has 1 rings (SSSR count). The number of hydrogen-bond donors (Lipinski definition) is 1. The molecule has 0 aromatic heterocycles. The topological polar surface area (TPSA) is 12.0 Å². The summed E-state index contributed by atoms with van der Waals surface area (Å²) in [5.41, 5.74) is 0. The zero-order chi connectivity index (χ0) is 8.81. The number of hydrogen-bond acceptors (Lipinski definition) is 2. The van der Waals surface area contributed by atoms with Crippen LogP contribution in [-0.4, -0.2) is 25.1 Å². The van der Waals surface area contributed by atoms with Gasteiger partial charge in [-0.25, -0.2) is 0 Å². The SMILES string of the molecule is CCC(CNC)C1CCCSC1. The van der Waals surface area contributed by atoms with Gasteiger partial charge in [-0.2, -0.15) is 11.8 Å². The lowest BCUT2D eigenvalue weighted by molar-refractivity contribution is 0.319. The maximum Gasteiger partial charge on any atom is -0.00207 e.